The summed E-state index contributed by atoms with van der Waals surface area (Å²) in [6, 6.07) is 9.86. The summed E-state index contributed by atoms with van der Waals surface area (Å²) in [5.41, 5.74) is 0. The smallest absolute Gasteiger partial charge is 0.0560 e. The van der Waals surface area contributed by atoms with Gasteiger partial charge in [0.25, 0.3) is 0 Å². The van der Waals surface area contributed by atoms with Gasteiger partial charge in [-0.2, -0.15) is 0 Å². The summed E-state index contributed by atoms with van der Waals surface area (Å²) in [6.07, 6.45) is 6.11. The first-order valence-electron chi connectivity index (χ1n) is 5.33. The third-order valence-electron chi connectivity index (χ3n) is 2.83. The average Bonchev–Trinajstić information content (AvgIpc) is 2.30. The van der Waals surface area contributed by atoms with Crippen molar-refractivity contribution in [1.29, 1.82) is 0 Å². The number of benzene rings is 1. The summed E-state index contributed by atoms with van der Waals surface area (Å²) in [5, 5.41) is 0.408. The molecular weight excluding hydrogens is 192 g/mol. The zero-order chi connectivity index (χ0) is 9.80. The Hall–Kier alpha value is -0.630. The molecule has 0 aromatic heterocycles. The summed E-state index contributed by atoms with van der Waals surface area (Å²) in [7, 11) is -0.770. The highest BCUT2D eigenvalue weighted by atomic mass is 32.2. The zero-order valence-corrected chi connectivity index (χ0v) is 9.13. The fraction of sp³-hybridized carbons (Fsp3) is 0.500. The molecular formula is C12H16OS. The maximum atomic E-state index is 12.1. The molecule has 2 heteroatoms. The van der Waals surface area contributed by atoms with E-state index in [2.05, 4.69) is 0 Å². The topological polar surface area (TPSA) is 17.1 Å². The fourth-order valence-corrected chi connectivity index (χ4v) is 3.60. The van der Waals surface area contributed by atoms with Gasteiger partial charge in [-0.3, -0.25) is 4.21 Å². The van der Waals surface area contributed by atoms with Gasteiger partial charge in [0.1, 0.15) is 0 Å². The van der Waals surface area contributed by atoms with E-state index in [0.29, 0.717) is 5.25 Å². The summed E-state index contributed by atoms with van der Waals surface area (Å²) in [4.78, 5) is 0.999. The fourth-order valence-electron chi connectivity index (χ4n) is 2.03. The van der Waals surface area contributed by atoms with Crippen molar-refractivity contribution in [2.75, 3.05) is 0 Å². The van der Waals surface area contributed by atoms with Crippen LogP contribution in [0, 0.1) is 0 Å². The number of rotatable bonds is 2. The molecule has 1 unspecified atom stereocenters. The second kappa shape index (κ2) is 4.74. The molecule has 0 aliphatic heterocycles. The Morgan fingerprint density at radius 3 is 2.29 bits per heavy atom. The van der Waals surface area contributed by atoms with Crippen molar-refractivity contribution < 1.29 is 4.21 Å². The maximum Gasteiger partial charge on any atom is 0.0560 e. The molecule has 0 amide bonds. The predicted octanol–water partition coefficient (Wildman–Crippen LogP) is 3.13. The second-order valence-corrected chi connectivity index (χ2v) is 5.60. The van der Waals surface area contributed by atoms with Crippen molar-refractivity contribution >= 4 is 10.8 Å². The van der Waals surface area contributed by atoms with E-state index < -0.39 is 10.8 Å². The summed E-state index contributed by atoms with van der Waals surface area (Å²) >= 11 is 0. The van der Waals surface area contributed by atoms with E-state index in [1.807, 2.05) is 30.3 Å². The summed E-state index contributed by atoms with van der Waals surface area (Å²) in [6.45, 7) is 0. The molecule has 1 atom stereocenters. The Kier molecular flexibility index (Phi) is 3.35. The first-order chi connectivity index (χ1) is 6.88. The van der Waals surface area contributed by atoms with E-state index in [1.54, 1.807) is 0 Å². The second-order valence-electron chi connectivity index (χ2n) is 3.87. The van der Waals surface area contributed by atoms with Gasteiger partial charge in [0, 0.05) is 10.1 Å². The van der Waals surface area contributed by atoms with E-state index in [1.165, 1.54) is 19.3 Å². The number of hydrogen-bond acceptors (Lipinski definition) is 1. The van der Waals surface area contributed by atoms with Gasteiger partial charge >= 0.3 is 0 Å². The Morgan fingerprint density at radius 1 is 1.00 bits per heavy atom. The molecule has 0 bridgehead atoms. The van der Waals surface area contributed by atoms with Crippen LogP contribution in [0.4, 0.5) is 0 Å². The molecule has 0 heterocycles. The third-order valence-corrected chi connectivity index (χ3v) is 4.64. The van der Waals surface area contributed by atoms with E-state index in [4.69, 9.17) is 0 Å². The minimum Gasteiger partial charge on any atom is -0.254 e. The normalized spacial score (nSPS) is 20.6. The van der Waals surface area contributed by atoms with Crippen LogP contribution in [-0.2, 0) is 10.8 Å². The van der Waals surface area contributed by atoms with Gasteiger partial charge in [-0.1, -0.05) is 37.5 Å². The van der Waals surface area contributed by atoms with E-state index in [-0.39, 0.29) is 0 Å². The molecule has 76 valence electrons. The van der Waals surface area contributed by atoms with Crippen LogP contribution in [0.2, 0.25) is 0 Å². The highest BCUT2D eigenvalue weighted by Gasteiger charge is 2.20. The van der Waals surface area contributed by atoms with Crippen LogP contribution >= 0.6 is 0 Å². The van der Waals surface area contributed by atoms with E-state index >= 15 is 0 Å². The standard InChI is InChI=1S/C12H16OS/c13-14(11-7-3-1-4-8-11)12-9-5-2-6-10-12/h1,3-4,7-8,12H,2,5-6,9-10H2. The van der Waals surface area contributed by atoms with Crippen LogP contribution in [0.25, 0.3) is 0 Å². The first-order valence-corrected chi connectivity index (χ1v) is 6.55. The summed E-state index contributed by atoms with van der Waals surface area (Å²) in [5.74, 6) is 0. The SMILES string of the molecule is O=S(c1ccccc1)C1CCCCC1. The minimum absolute atomic E-state index is 0.408. The molecule has 1 nitrogen and oxygen atoms in total. The maximum absolute atomic E-state index is 12.1. The van der Waals surface area contributed by atoms with Gasteiger partial charge in [-0.25, -0.2) is 0 Å². The lowest BCUT2D eigenvalue weighted by Gasteiger charge is -2.20. The molecule has 1 saturated carbocycles. The van der Waals surface area contributed by atoms with E-state index in [0.717, 1.165) is 17.7 Å². The van der Waals surface area contributed by atoms with Crippen molar-refractivity contribution in [3.8, 4) is 0 Å². The Labute approximate surface area is 88.0 Å². The largest absolute Gasteiger partial charge is 0.254 e. The van der Waals surface area contributed by atoms with Crippen LogP contribution in [0.3, 0.4) is 0 Å². The quantitative estimate of drug-likeness (QED) is 0.729. The van der Waals surface area contributed by atoms with E-state index in [9.17, 15) is 4.21 Å². The van der Waals surface area contributed by atoms with Gasteiger partial charge < -0.3 is 0 Å². The van der Waals surface area contributed by atoms with Gasteiger partial charge in [-0.05, 0) is 25.0 Å². The zero-order valence-electron chi connectivity index (χ0n) is 8.32. The lowest BCUT2D eigenvalue weighted by Crippen LogP contribution is -2.18. The van der Waals surface area contributed by atoms with Gasteiger partial charge in [0.2, 0.25) is 0 Å². The molecule has 1 fully saturated rings. The molecule has 2 rings (SSSR count). The first kappa shape index (κ1) is 9.91. The molecule has 0 N–H and O–H groups in total. The predicted molar refractivity (Wildman–Crippen MR) is 59.7 cm³/mol. The molecule has 1 aromatic rings. The van der Waals surface area contributed by atoms with Gasteiger partial charge in [0.15, 0.2) is 0 Å². The Bertz CT molecular complexity index is 301. The molecule has 1 aromatic carbocycles. The molecule has 14 heavy (non-hydrogen) atoms. The van der Waals surface area contributed by atoms with Crippen molar-refractivity contribution in [3.63, 3.8) is 0 Å². The monoisotopic (exact) mass is 208 g/mol. The Morgan fingerprint density at radius 2 is 1.64 bits per heavy atom. The average molecular weight is 208 g/mol. The Balaban J connectivity index is 2.07. The van der Waals surface area contributed by atoms with Crippen LogP contribution in [0.15, 0.2) is 35.2 Å². The molecule has 1 aliphatic rings. The molecule has 0 spiro atoms. The van der Waals surface area contributed by atoms with Crippen molar-refractivity contribution in [3.05, 3.63) is 30.3 Å². The van der Waals surface area contributed by atoms with Gasteiger partial charge in [-0.15, -0.1) is 0 Å². The summed E-state index contributed by atoms with van der Waals surface area (Å²) < 4.78 is 12.1. The van der Waals surface area contributed by atoms with Crippen LogP contribution < -0.4 is 0 Å². The van der Waals surface area contributed by atoms with Gasteiger partial charge in [0.05, 0.1) is 10.8 Å². The highest BCUT2D eigenvalue weighted by Crippen LogP contribution is 2.25. The van der Waals surface area contributed by atoms with Crippen molar-refractivity contribution in [1.82, 2.24) is 0 Å². The van der Waals surface area contributed by atoms with Crippen LogP contribution in [0.5, 0.6) is 0 Å². The molecule has 0 saturated heterocycles. The van der Waals surface area contributed by atoms with Crippen LogP contribution in [-0.4, -0.2) is 9.46 Å². The lowest BCUT2D eigenvalue weighted by molar-refractivity contribution is 0.504. The number of hydrogen-bond donors (Lipinski definition) is 0. The minimum atomic E-state index is -0.770. The third kappa shape index (κ3) is 2.24. The highest BCUT2D eigenvalue weighted by molar-refractivity contribution is 7.85. The van der Waals surface area contributed by atoms with Crippen molar-refractivity contribution in [2.45, 2.75) is 42.2 Å². The van der Waals surface area contributed by atoms with Crippen LogP contribution in [0.1, 0.15) is 32.1 Å². The lowest BCUT2D eigenvalue weighted by atomic mass is 10.0. The molecule has 1 aliphatic carbocycles. The molecule has 0 radical (unpaired) electrons. The van der Waals surface area contributed by atoms with Crippen molar-refractivity contribution in [2.24, 2.45) is 0 Å².